The Kier molecular flexibility index (Phi) is 6.00. The molecule has 0 radical (unpaired) electrons. The highest BCUT2D eigenvalue weighted by atomic mass is 19.1. The largest absolute Gasteiger partial charge is 0.481 e. The van der Waals surface area contributed by atoms with Crippen LogP contribution in [0.25, 0.3) is 39.2 Å². The van der Waals surface area contributed by atoms with Crippen molar-refractivity contribution in [2.24, 2.45) is 5.92 Å². The van der Waals surface area contributed by atoms with Crippen LogP contribution in [0.1, 0.15) is 43.6 Å². The molecule has 2 N–H and O–H groups in total. The van der Waals surface area contributed by atoms with Crippen LogP contribution in [0.15, 0.2) is 73.1 Å². The molecule has 2 aromatic heterocycles. The van der Waals surface area contributed by atoms with Crippen LogP contribution >= 0.6 is 0 Å². The van der Waals surface area contributed by atoms with Gasteiger partial charge in [-0.2, -0.15) is 0 Å². The van der Waals surface area contributed by atoms with E-state index in [1.165, 1.54) is 5.56 Å². The fourth-order valence-electron chi connectivity index (χ4n) is 5.39. The summed E-state index contributed by atoms with van der Waals surface area (Å²) < 4.78 is 16.9. The van der Waals surface area contributed by atoms with Gasteiger partial charge in [0.05, 0.1) is 34.7 Å². The first-order valence-corrected chi connectivity index (χ1v) is 12.5. The normalized spacial score (nSPS) is 17.8. The first kappa shape index (κ1) is 23.1. The van der Waals surface area contributed by atoms with E-state index in [4.69, 9.17) is 5.11 Å². The van der Waals surface area contributed by atoms with Gasteiger partial charge in [-0.3, -0.25) is 4.79 Å². The van der Waals surface area contributed by atoms with Gasteiger partial charge in [-0.1, -0.05) is 35.5 Å². The number of carboxylic acid groups (broad SMARTS) is 1. The fourth-order valence-corrected chi connectivity index (χ4v) is 5.39. The van der Waals surface area contributed by atoms with Crippen molar-refractivity contribution in [3.05, 3.63) is 84.4 Å². The van der Waals surface area contributed by atoms with Crippen molar-refractivity contribution in [2.75, 3.05) is 0 Å². The van der Waals surface area contributed by atoms with Gasteiger partial charge in [-0.25, -0.2) is 14.1 Å². The van der Waals surface area contributed by atoms with Gasteiger partial charge in [0.25, 0.3) is 0 Å². The van der Waals surface area contributed by atoms with E-state index in [1.54, 1.807) is 29.2 Å². The highest BCUT2D eigenvalue weighted by Gasteiger charge is 2.24. The predicted octanol–water partition coefficient (Wildman–Crippen LogP) is 6.37. The van der Waals surface area contributed by atoms with Crippen LogP contribution in [0.5, 0.6) is 0 Å². The zero-order valence-electron chi connectivity index (χ0n) is 20.1. The Bertz CT molecular complexity index is 1550. The van der Waals surface area contributed by atoms with E-state index in [0.29, 0.717) is 17.3 Å². The second-order valence-corrected chi connectivity index (χ2v) is 9.77. The van der Waals surface area contributed by atoms with Crippen LogP contribution in [0.2, 0.25) is 0 Å². The van der Waals surface area contributed by atoms with Gasteiger partial charge in [0.15, 0.2) is 0 Å². The molecule has 0 amide bonds. The molecule has 5 aromatic rings. The Morgan fingerprint density at radius 3 is 2.49 bits per heavy atom. The van der Waals surface area contributed by atoms with Gasteiger partial charge in [-0.05, 0) is 84.5 Å². The number of fused-ring (bicyclic) bond motifs is 1. The number of carboxylic acids is 1. The summed E-state index contributed by atoms with van der Waals surface area (Å²) in [4.78, 5) is 18.8. The Hall–Kier alpha value is -4.33. The quantitative estimate of drug-likeness (QED) is 0.285. The topological polar surface area (TPSA) is 96.7 Å². The molecule has 0 atom stereocenters. The van der Waals surface area contributed by atoms with Gasteiger partial charge in [0.1, 0.15) is 11.6 Å². The third-order valence-electron chi connectivity index (χ3n) is 7.40. The minimum atomic E-state index is -0.705. The molecule has 7 nitrogen and oxygen atoms in total. The molecular weight excluding hydrogens is 469 g/mol. The Morgan fingerprint density at radius 1 is 1.00 bits per heavy atom. The number of carbonyl (C=O) groups is 1. The number of hydrogen-bond donors (Lipinski definition) is 2. The van der Waals surface area contributed by atoms with Crippen LogP contribution < -0.4 is 0 Å². The average molecular weight is 496 g/mol. The summed E-state index contributed by atoms with van der Waals surface area (Å²) in [6, 6.07) is 19.2. The molecule has 3 aromatic carbocycles. The molecular formula is C29H26FN5O2. The first-order valence-electron chi connectivity index (χ1n) is 12.5. The minimum Gasteiger partial charge on any atom is -0.481 e. The molecule has 37 heavy (non-hydrogen) atoms. The zero-order valence-corrected chi connectivity index (χ0v) is 20.1. The van der Waals surface area contributed by atoms with Crippen molar-refractivity contribution in [3.8, 4) is 28.2 Å². The summed E-state index contributed by atoms with van der Waals surface area (Å²) in [6.07, 6.45) is 7.57. The van der Waals surface area contributed by atoms with E-state index in [2.05, 4.69) is 32.4 Å². The summed E-state index contributed by atoms with van der Waals surface area (Å²) >= 11 is 0. The number of aromatic amines is 1. The minimum absolute atomic E-state index is 0.269. The smallest absolute Gasteiger partial charge is 0.303 e. The maximum absolute atomic E-state index is 15.2. The van der Waals surface area contributed by atoms with Gasteiger partial charge in [-0.15, -0.1) is 5.10 Å². The molecule has 0 bridgehead atoms. The molecule has 0 unspecified atom stereocenters. The molecule has 2 heterocycles. The predicted molar refractivity (Wildman–Crippen MR) is 139 cm³/mol. The first-order chi connectivity index (χ1) is 18.0. The fraction of sp³-hybridized carbons (Fsp3) is 0.241. The van der Waals surface area contributed by atoms with Crippen molar-refractivity contribution >= 4 is 17.0 Å². The van der Waals surface area contributed by atoms with Crippen molar-refractivity contribution in [3.63, 3.8) is 0 Å². The highest BCUT2D eigenvalue weighted by Crippen LogP contribution is 2.38. The number of benzene rings is 3. The molecule has 1 aliphatic carbocycles. The van der Waals surface area contributed by atoms with Gasteiger partial charge in [0.2, 0.25) is 0 Å². The number of rotatable bonds is 6. The maximum atomic E-state index is 15.2. The number of imidazole rings is 1. The van der Waals surface area contributed by atoms with E-state index < -0.39 is 5.97 Å². The van der Waals surface area contributed by atoms with Crippen LogP contribution in [0.3, 0.4) is 0 Å². The highest BCUT2D eigenvalue weighted by molar-refractivity contribution is 5.82. The summed E-state index contributed by atoms with van der Waals surface area (Å²) in [5, 5.41) is 16.9. The Morgan fingerprint density at radius 2 is 1.78 bits per heavy atom. The molecule has 0 aliphatic heterocycles. The molecule has 6 rings (SSSR count). The lowest BCUT2D eigenvalue weighted by Gasteiger charge is -2.28. The molecule has 8 heteroatoms. The molecule has 1 saturated carbocycles. The van der Waals surface area contributed by atoms with Crippen molar-refractivity contribution < 1.29 is 14.3 Å². The van der Waals surface area contributed by atoms with E-state index in [-0.39, 0.29) is 18.2 Å². The van der Waals surface area contributed by atoms with E-state index >= 15 is 4.39 Å². The van der Waals surface area contributed by atoms with Crippen molar-refractivity contribution in [1.29, 1.82) is 0 Å². The number of nitrogens with one attached hydrogen (secondary N) is 1. The number of aromatic nitrogens is 5. The second kappa shape index (κ2) is 9.61. The number of hydrogen-bond acceptors (Lipinski definition) is 4. The van der Waals surface area contributed by atoms with Crippen LogP contribution in [0, 0.1) is 11.7 Å². The lowest BCUT2D eigenvalue weighted by atomic mass is 9.77. The van der Waals surface area contributed by atoms with Crippen molar-refractivity contribution in [1.82, 2.24) is 25.0 Å². The summed E-state index contributed by atoms with van der Waals surface area (Å²) in [5.41, 5.74) is 5.82. The second-order valence-electron chi connectivity index (χ2n) is 9.77. The zero-order chi connectivity index (χ0) is 25.4. The molecule has 1 aliphatic rings. The van der Waals surface area contributed by atoms with Crippen LogP contribution in [-0.4, -0.2) is 36.0 Å². The van der Waals surface area contributed by atoms with Crippen molar-refractivity contribution in [2.45, 2.75) is 38.0 Å². The summed E-state index contributed by atoms with van der Waals surface area (Å²) in [6.45, 7) is 0. The number of nitrogens with zero attached hydrogens (tertiary/aromatic N) is 4. The van der Waals surface area contributed by atoms with Gasteiger partial charge >= 0.3 is 5.97 Å². The third kappa shape index (κ3) is 4.74. The van der Waals surface area contributed by atoms with E-state index in [9.17, 15) is 4.79 Å². The van der Waals surface area contributed by atoms with Gasteiger partial charge in [0, 0.05) is 6.42 Å². The lowest BCUT2D eigenvalue weighted by molar-refractivity contribution is -0.138. The number of H-pyrrole nitrogens is 1. The number of halogens is 1. The van der Waals surface area contributed by atoms with E-state index in [1.807, 2.05) is 36.4 Å². The Balaban J connectivity index is 1.19. The number of aliphatic carboxylic acids is 1. The standard InChI is InChI=1S/C29H26FN5O2/c30-25-16-22(21-7-5-20(6-8-21)19-3-1-18(2-4-19)15-28(36)37)9-11-24(25)29-32-26-12-10-23(17-27(26)33-29)35-14-13-31-34-35/h5-14,16-19H,1-4,15H2,(H,32,33)(H,36,37). The Labute approximate surface area is 213 Å². The monoisotopic (exact) mass is 495 g/mol. The molecule has 0 spiro atoms. The average Bonchev–Trinajstić information content (AvgIpc) is 3.59. The molecule has 1 fully saturated rings. The van der Waals surface area contributed by atoms with E-state index in [0.717, 1.165) is 53.5 Å². The SMILES string of the molecule is O=C(O)CC1CCC(c2ccc(-c3ccc(-c4nc5ccc(-n6ccnn6)cc5[nH]4)c(F)c3)cc2)CC1. The summed E-state index contributed by atoms with van der Waals surface area (Å²) in [5.74, 6) is 0.176. The van der Waals surface area contributed by atoms with Gasteiger partial charge < -0.3 is 10.1 Å². The molecule has 186 valence electrons. The third-order valence-corrected chi connectivity index (χ3v) is 7.40. The summed E-state index contributed by atoms with van der Waals surface area (Å²) in [7, 11) is 0. The molecule has 0 saturated heterocycles. The lowest BCUT2D eigenvalue weighted by Crippen LogP contribution is -2.16. The van der Waals surface area contributed by atoms with Crippen LogP contribution in [0.4, 0.5) is 4.39 Å². The van der Waals surface area contributed by atoms with Crippen LogP contribution in [-0.2, 0) is 4.79 Å². The maximum Gasteiger partial charge on any atom is 0.303 e.